The lowest BCUT2D eigenvalue weighted by Gasteiger charge is -2.13. The highest BCUT2D eigenvalue weighted by atomic mass is 32.2. The van der Waals surface area contributed by atoms with Crippen LogP contribution in [0.1, 0.15) is 18.7 Å². The third-order valence-electron chi connectivity index (χ3n) is 1.44. The van der Waals surface area contributed by atoms with Gasteiger partial charge in [0.05, 0.1) is 5.60 Å². The lowest BCUT2D eigenvalue weighted by molar-refractivity contribution is -0.106. The predicted octanol–water partition coefficient (Wildman–Crippen LogP) is -0.228. The summed E-state index contributed by atoms with van der Waals surface area (Å²) in [4.78, 5) is 9.00. The van der Waals surface area contributed by atoms with Gasteiger partial charge in [0.2, 0.25) is 6.41 Å². The fraction of sp³-hybridized carbons (Fsp3) is 0.444. The number of nitrogens with two attached hydrogens (primary N) is 3. The zero-order chi connectivity index (χ0) is 14.9. The Balaban J connectivity index is 0. The molecular formula is C9H18FN3O3S2. The number of hydrogen-bond acceptors (Lipinski definition) is 5. The first kappa shape index (κ1) is 19.5. The van der Waals surface area contributed by atoms with Crippen LogP contribution < -0.4 is 16.6 Å². The Morgan fingerprint density at radius 1 is 1.50 bits per heavy atom. The Hall–Kier alpha value is -0.870. The van der Waals surface area contributed by atoms with Crippen LogP contribution in [0.4, 0.5) is 4.39 Å². The molecule has 1 rings (SSSR count). The summed E-state index contributed by atoms with van der Waals surface area (Å²) in [6.45, 7) is 3.06. The Kier molecular flexibility index (Phi) is 9.86. The van der Waals surface area contributed by atoms with Crippen molar-refractivity contribution in [1.29, 1.82) is 0 Å². The van der Waals surface area contributed by atoms with Crippen LogP contribution in [-0.2, 0) is 21.4 Å². The SMILES string of the molecule is CC(C)(O)c1cc(F)c(S(N)=O)s1.CN.NC=O. The molecule has 0 bridgehead atoms. The second-order valence-electron chi connectivity index (χ2n) is 3.24. The summed E-state index contributed by atoms with van der Waals surface area (Å²) in [7, 11) is -0.322. The van der Waals surface area contributed by atoms with E-state index in [0.29, 0.717) is 4.88 Å². The molecule has 0 aromatic carbocycles. The molecule has 1 unspecified atom stereocenters. The molecule has 18 heavy (non-hydrogen) atoms. The molecule has 0 aliphatic rings. The van der Waals surface area contributed by atoms with Crippen LogP contribution in [0.5, 0.6) is 0 Å². The van der Waals surface area contributed by atoms with Crippen LogP contribution in [-0.4, -0.2) is 22.8 Å². The van der Waals surface area contributed by atoms with Gasteiger partial charge in [-0.1, -0.05) is 0 Å². The smallest absolute Gasteiger partial charge is 0.204 e. The fourth-order valence-corrected chi connectivity index (χ4v) is 2.41. The number of hydrogen-bond donors (Lipinski definition) is 4. The number of rotatable bonds is 2. The van der Waals surface area contributed by atoms with Gasteiger partial charge in [0.15, 0.2) is 5.82 Å². The fourth-order valence-electron chi connectivity index (χ4n) is 0.791. The van der Waals surface area contributed by atoms with Gasteiger partial charge in [0.1, 0.15) is 15.2 Å². The molecule has 0 aliphatic carbocycles. The molecule has 1 amide bonds. The van der Waals surface area contributed by atoms with E-state index in [1.54, 1.807) is 0 Å². The maximum absolute atomic E-state index is 13.0. The number of carbonyl (C=O) groups excluding carboxylic acids is 1. The van der Waals surface area contributed by atoms with Gasteiger partial charge >= 0.3 is 0 Å². The Morgan fingerprint density at radius 2 is 1.89 bits per heavy atom. The quantitative estimate of drug-likeness (QED) is 0.561. The summed E-state index contributed by atoms with van der Waals surface area (Å²) in [6, 6.07) is 1.16. The van der Waals surface area contributed by atoms with E-state index in [2.05, 4.69) is 11.5 Å². The van der Waals surface area contributed by atoms with Crippen LogP contribution in [0.15, 0.2) is 10.3 Å². The molecule has 106 valence electrons. The van der Waals surface area contributed by atoms with Gasteiger partial charge in [-0.3, -0.25) is 4.79 Å². The lowest BCUT2D eigenvalue weighted by Crippen LogP contribution is -2.12. The number of thiophene rings is 1. The van der Waals surface area contributed by atoms with Crippen molar-refractivity contribution in [3.63, 3.8) is 0 Å². The molecule has 0 aliphatic heterocycles. The van der Waals surface area contributed by atoms with Gasteiger partial charge < -0.3 is 16.6 Å². The molecule has 6 nitrogen and oxygen atoms in total. The Bertz CT molecular complexity index is 391. The van der Waals surface area contributed by atoms with E-state index in [4.69, 9.17) is 9.93 Å². The minimum absolute atomic E-state index is 0.0304. The molecule has 1 aromatic rings. The van der Waals surface area contributed by atoms with Crippen molar-refractivity contribution in [2.24, 2.45) is 16.6 Å². The number of aliphatic hydroxyl groups is 1. The zero-order valence-electron chi connectivity index (χ0n) is 10.3. The second-order valence-corrected chi connectivity index (χ2v) is 5.55. The number of carbonyl (C=O) groups is 1. The van der Waals surface area contributed by atoms with E-state index in [1.165, 1.54) is 20.9 Å². The maximum Gasteiger partial charge on any atom is 0.204 e. The largest absolute Gasteiger partial charge is 0.385 e. The molecule has 1 atom stereocenters. The van der Waals surface area contributed by atoms with E-state index < -0.39 is 22.4 Å². The first-order valence-corrected chi connectivity index (χ1v) is 6.68. The molecule has 1 aromatic heterocycles. The van der Waals surface area contributed by atoms with Crippen LogP contribution >= 0.6 is 11.3 Å². The summed E-state index contributed by atoms with van der Waals surface area (Å²) in [6.07, 6.45) is 0.250. The van der Waals surface area contributed by atoms with E-state index in [9.17, 15) is 13.7 Å². The van der Waals surface area contributed by atoms with Crippen molar-refractivity contribution in [3.8, 4) is 0 Å². The van der Waals surface area contributed by atoms with Crippen molar-refractivity contribution in [3.05, 3.63) is 16.8 Å². The lowest BCUT2D eigenvalue weighted by atomic mass is 10.1. The van der Waals surface area contributed by atoms with Crippen LogP contribution in [0.2, 0.25) is 0 Å². The molecule has 0 radical (unpaired) electrons. The molecule has 0 fully saturated rings. The highest BCUT2D eigenvalue weighted by molar-refractivity contribution is 7.85. The first-order valence-electron chi connectivity index (χ1n) is 4.65. The number of primary amides is 1. The zero-order valence-corrected chi connectivity index (χ0v) is 12.0. The van der Waals surface area contributed by atoms with Crippen molar-refractivity contribution >= 4 is 28.7 Å². The molecule has 1 heterocycles. The molecular weight excluding hydrogens is 281 g/mol. The topological polar surface area (TPSA) is 132 Å². The van der Waals surface area contributed by atoms with Gasteiger partial charge in [-0.25, -0.2) is 13.7 Å². The standard InChI is InChI=1S/C7H10FNO2S2.CH3NO.CH5N/c1-7(2,10)5-3-4(8)6(12-5)13(9)11;2-1-3;1-2/h3,10H,9H2,1-2H3;1H,(H2,2,3);2H2,1H3. The Morgan fingerprint density at radius 3 is 2.06 bits per heavy atom. The minimum atomic E-state index is -1.82. The predicted molar refractivity (Wildman–Crippen MR) is 70.5 cm³/mol. The summed E-state index contributed by atoms with van der Waals surface area (Å²) in [5.41, 5.74) is 7.54. The van der Waals surface area contributed by atoms with Crippen LogP contribution in [0.25, 0.3) is 0 Å². The Labute approximate surface area is 112 Å². The monoisotopic (exact) mass is 299 g/mol. The number of amides is 1. The van der Waals surface area contributed by atoms with Crippen LogP contribution in [0.3, 0.4) is 0 Å². The van der Waals surface area contributed by atoms with Crippen molar-refractivity contribution in [2.75, 3.05) is 7.05 Å². The average Bonchev–Trinajstić information content (AvgIpc) is 2.64. The first-order chi connectivity index (χ1) is 8.23. The molecule has 0 saturated heterocycles. The van der Waals surface area contributed by atoms with E-state index in [1.807, 2.05) is 0 Å². The normalized spacial score (nSPS) is 11.5. The molecule has 0 spiro atoms. The highest BCUT2D eigenvalue weighted by Crippen LogP contribution is 2.31. The van der Waals surface area contributed by atoms with Crippen molar-refractivity contribution in [1.82, 2.24) is 0 Å². The summed E-state index contributed by atoms with van der Waals surface area (Å²) >= 11 is 0.924. The highest BCUT2D eigenvalue weighted by Gasteiger charge is 2.22. The third-order valence-corrected chi connectivity index (χ3v) is 3.96. The summed E-state index contributed by atoms with van der Waals surface area (Å²) in [5.74, 6) is -0.622. The second kappa shape index (κ2) is 9.11. The molecule has 7 N–H and O–H groups in total. The third kappa shape index (κ3) is 6.77. The number of halogens is 1. The van der Waals surface area contributed by atoms with Crippen molar-refractivity contribution < 1.29 is 18.5 Å². The molecule has 0 saturated carbocycles. The summed E-state index contributed by atoms with van der Waals surface area (Å²) in [5, 5.41) is 14.5. The van der Waals surface area contributed by atoms with Gasteiger partial charge in [0.25, 0.3) is 0 Å². The van der Waals surface area contributed by atoms with E-state index in [-0.39, 0.29) is 10.6 Å². The van der Waals surface area contributed by atoms with Gasteiger partial charge in [0, 0.05) is 4.88 Å². The van der Waals surface area contributed by atoms with Gasteiger partial charge in [-0.05, 0) is 27.0 Å². The van der Waals surface area contributed by atoms with E-state index >= 15 is 0 Å². The maximum atomic E-state index is 13.0. The molecule has 9 heteroatoms. The average molecular weight is 299 g/mol. The van der Waals surface area contributed by atoms with Gasteiger partial charge in [-0.2, -0.15) is 0 Å². The van der Waals surface area contributed by atoms with Crippen LogP contribution in [0, 0.1) is 5.82 Å². The minimum Gasteiger partial charge on any atom is -0.385 e. The van der Waals surface area contributed by atoms with Gasteiger partial charge in [-0.15, -0.1) is 11.3 Å². The van der Waals surface area contributed by atoms with E-state index in [0.717, 1.165) is 17.4 Å². The van der Waals surface area contributed by atoms with Crippen molar-refractivity contribution in [2.45, 2.75) is 23.7 Å². The summed E-state index contributed by atoms with van der Waals surface area (Å²) < 4.78 is 23.8.